The van der Waals surface area contributed by atoms with Gasteiger partial charge >= 0.3 is 0 Å². The van der Waals surface area contributed by atoms with Crippen molar-refractivity contribution in [2.45, 2.75) is 40.2 Å². The van der Waals surface area contributed by atoms with Crippen molar-refractivity contribution in [2.75, 3.05) is 0 Å². The number of ketones is 1. The molecule has 1 aliphatic carbocycles. The lowest BCUT2D eigenvalue weighted by Crippen LogP contribution is -2.28. The molecule has 0 aliphatic heterocycles. The summed E-state index contributed by atoms with van der Waals surface area (Å²) in [6.45, 7) is 7.01. The molecule has 0 amide bonds. The van der Waals surface area contributed by atoms with E-state index in [9.17, 15) is 4.79 Å². The van der Waals surface area contributed by atoms with Gasteiger partial charge in [-0.2, -0.15) is 0 Å². The normalized spacial score (nSPS) is 17.5. The molecule has 0 atom stereocenters. The molecule has 0 fully saturated rings. The maximum Gasteiger partial charge on any atom is 0.165 e. The summed E-state index contributed by atoms with van der Waals surface area (Å²) >= 11 is 0. The summed E-state index contributed by atoms with van der Waals surface area (Å²) in [5.74, 6) is 0.258. The average Bonchev–Trinajstić information content (AvgIpc) is 2.90. The maximum atomic E-state index is 12.2. The van der Waals surface area contributed by atoms with Crippen molar-refractivity contribution >= 4 is 5.78 Å². The van der Waals surface area contributed by atoms with Crippen LogP contribution in [0, 0.1) is 12.3 Å². The molecule has 0 unspecified atom stereocenters. The molecule has 0 radical (unpaired) electrons. The Bertz CT molecular complexity index is 621. The summed E-state index contributed by atoms with van der Waals surface area (Å²) in [6, 6.07) is 3.87. The zero-order valence-corrected chi connectivity index (χ0v) is 11.6. The minimum absolute atomic E-state index is 0.0381. The fourth-order valence-electron chi connectivity index (χ4n) is 2.91. The number of carbonyl (C=O) groups excluding carboxylic acids is 1. The van der Waals surface area contributed by atoms with E-state index in [1.54, 1.807) is 6.26 Å². The van der Waals surface area contributed by atoms with Gasteiger partial charge in [-0.15, -0.1) is 0 Å². The molecule has 1 aliphatic rings. The van der Waals surface area contributed by atoms with Crippen LogP contribution < -0.4 is 0 Å². The molecule has 0 saturated heterocycles. The molecule has 19 heavy (non-hydrogen) atoms. The second-order valence-corrected chi connectivity index (χ2v) is 6.16. The molecular formula is C15H18N2O2. The zero-order chi connectivity index (χ0) is 13.6. The first-order valence-corrected chi connectivity index (χ1v) is 6.58. The van der Waals surface area contributed by atoms with E-state index >= 15 is 0 Å². The number of nitrogens with zero attached hydrogens (tertiary/aromatic N) is 2. The highest BCUT2D eigenvalue weighted by molar-refractivity contribution is 5.99. The Morgan fingerprint density at radius 1 is 1.42 bits per heavy atom. The topological polar surface area (TPSA) is 48.0 Å². The molecule has 100 valence electrons. The van der Waals surface area contributed by atoms with Crippen LogP contribution in [0.2, 0.25) is 0 Å². The Labute approximate surface area is 112 Å². The van der Waals surface area contributed by atoms with Crippen molar-refractivity contribution in [1.29, 1.82) is 0 Å². The van der Waals surface area contributed by atoms with Gasteiger partial charge in [0.25, 0.3) is 0 Å². The van der Waals surface area contributed by atoms with Crippen LogP contribution in [0.5, 0.6) is 0 Å². The molecule has 0 bridgehead atoms. The molecule has 2 aromatic rings. The van der Waals surface area contributed by atoms with Gasteiger partial charge in [-0.3, -0.25) is 4.79 Å². The minimum atomic E-state index is 0.0381. The average molecular weight is 258 g/mol. The number of carbonyl (C=O) groups is 1. The standard InChI is InChI=1S/C15H18N2O2/c1-10-6-12-13(7-15(2,3)8-14(12)18)17(10)9-11-4-5-19-16-11/h4-6H,7-9H2,1-3H3. The van der Waals surface area contributed by atoms with Crippen LogP contribution in [-0.2, 0) is 13.0 Å². The van der Waals surface area contributed by atoms with Crippen LogP contribution >= 0.6 is 0 Å². The molecule has 0 spiro atoms. The van der Waals surface area contributed by atoms with Crippen LogP contribution in [0.4, 0.5) is 0 Å². The lowest BCUT2D eigenvalue weighted by Gasteiger charge is -2.29. The van der Waals surface area contributed by atoms with Gasteiger partial charge in [0.15, 0.2) is 5.78 Å². The van der Waals surface area contributed by atoms with E-state index in [4.69, 9.17) is 4.52 Å². The van der Waals surface area contributed by atoms with Crippen molar-refractivity contribution in [3.8, 4) is 0 Å². The number of Topliss-reactive ketones (excluding diaryl/α,β-unsaturated/α-hetero) is 1. The van der Waals surface area contributed by atoms with Gasteiger partial charge in [-0.05, 0) is 24.8 Å². The lowest BCUT2D eigenvalue weighted by molar-refractivity contribution is 0.0910. The summed E-state index contributed by atoms with van der Waals surface area (Å²) < 4.78 is 7.07. The van der Waals surface area contributed by atoms with E-state index in [0.29, 0.717) is 13.0 Å². The molecule has 3 rings (SSSR count). The van der Waals surface area contributed by atoms with Crippen LogP contribution in [0.1, 0.15) is 47.7 Å². The van der Waals surface area contributed by atoms with E-state index < -0.39 is 0 Å². The van der Waals surface area contributed by atoms with Gasteiger partial charge in [0.05, 0.1) is 6.54 Å². The Morgan fingerprint density at radius 3 is 2.89 bits per heavy atom. The molecule has 0 aromatic carbocycles. The quantitative estimate of drug-likeness (QED) is 0.832. The predicted molar refractivity (Wildman–Crippen MR) is 71.2 cm³/mol. The fraction of sp³-hybridized carbons (Fsp3) is 0.467. The molecule has 0 saturated carbocycles. The highest BCUT2D eigenvalue weighted by Crippen LogP contribution is 2.36. The van der Waals surface area contributed by atoms with E-state index in [-0.39, 0.29) is 11.2 Å². The molecule has 2 aromatic heterocycles. The van der Waals surface area contributed by atoms with Crippen molar-refractivity contribution in [2.24, 2.45) is 5.41 Å². The minimum Gasteiger partial charge on any atom is -0.364 e. The molecule has 0 N–H and O–H groups in total. The van der Waals surface area contributed by atoms with Gasteiger partial charge in [-0.25, -0.2) is 0 Å². The number of hydrogen-bond acceptors (Lipinski definition) is 3. The number of fused-ring (bicyclic) bond motifs is 1. The third-order valence-electron chi connectivity index (χ3n) is 3.81. The Kier molecular flexibility index (Phi) is 2.62. The van der Waals surface area contributed by atoms with Gasteiger partial charge in [0.1, 0.15) is 12.0 Å². The number of hydrogen-bond donors (Lipinski definition) is 0. The van der Waals surface area contributed by atoms with Crippen LogP contribution in [0.15, 0.2) is 22.9 Å². The maximum absolute atomic E-state index is 12.2. The summed E-state index contributed by atoms with van der Waals surface area (Å²) in [7, 11) is 0. The second-order valence-electron chi connectivity index (χ2n) is 6.16. The van der Waals surface area contributed by atoms with Gasteiger partial charge in [0.2, 0.25) is 0 Å². The van der Waals surface area contributed by atoms with Gasteiger partial charge in [-0.1, -0.05) is 19.0 Å². The van der Waals surface area contributed by atoms with E-state index in [1.165, 1.54) is 0 Å². The van der Waals surface area contributed by atoms with Crippen molar-refractivity contribution in [3.05, 3.63) is 41.0 Å². The zero-order valence-electron chi connectivity index (χ0n) is 11.6. The lowest BCUT2D eigenvalue weighted by atomic mass is 9.76. The van der Waals surface area contributed by atoms with Gasteiger partial charge in [0, 0.05) is 29.4 Å². The monoisotopic (exact) mass is 258 g/mol. The van der Waals surface area contributed by atoms with Gasteiger partial charge < -0.3 is 9.09 Å². The summed E-state index contributed by atoms with van der Waals surface area (Å²) in [5, 5.41) is 3.96. The summed E-state index contributed by atoms with van der Waals surface area (Å²) in [6.07, 6.45) is 3.14. The third-order valence-corrected chi connectivity index (χ3v) is 3.81. The van der Waals surface area contributed by atoms with Crippen LogP contribution in [0.25, 0.3) is 0 Å². The summed E-state index contributed by atoms with van der Waals surface area (Å²) in [4.78, 5) is 12.2. The van der Waals surface area contributed by atoms with E-state index in [1.807, 2.05) is 19.1 Å². The highest BCUT2D eigenvalue weighted by Gasteiger charge is 2.33. The Hall–Kier alpha value is -1.84. The van der Waals surface area contributed by atoms with E-state index in [2.05, 4.69) is 23.6 Å². The first kappa shape index (κ1) is 12.2. The molecule has 2 heterocycles. The number of aryl methyl sites for hydroxylation is 1. The molecule has 4 heteroatoms. The fourth-order valence-corrected chi connectivity index (χ4v) is 2.91. The van der Waals surface area contributed by atoms with Crippen molar-refractivity contribution in [1.82, 2.24) is 9.72 Å². The van der Waals surface area contributed by atoms with E-state index in [0.717, 1.165) is 29.1 Å². The van der Waals surface area contributed by atoms with Crippen molar-refractivity contribution in [3.63, 3.8) is 0 Å². The van der Waals surface area contributed by atoms with Crippen molar-refractivity contribution < 1.29 is 9.32 Å². The largest absolute Gasteiger partial charge is 0.364 e. The number of rotatable bonds is 2. The second kappa shape index (κ2) is 4.08. The predicted octanol–water partition coefficient (Wildman–Crippen LogP) is 2.99. The summed E-state index contributed by atoms with van der Waals surface area (Å²) in [5.41, 5.74) is 4.06. The third kappa shape index (κ3) is 2.11. The molecular weight excluding hydrogens is 240 g/mol. The van der Waals surface area contributed by atoms with Crippen LogP contribution in [0.3, 0.4) is 0 Å². The Balaban J connectivity index is 2.04. The Morgan fingerprint density at radius 2 is 2.21 bits per heavy atom. The smallest absolute Gasteiger partial charge is 0.165 e. The first-order chi connectivity index (χ1) is 8.96. The SMILES string of the molecule is Cc1cc2c(n1Cc1ccon1)CC(C)(C)CC2=O. The highest BCUT2D eigenvalue weighted by atomic mass is 16.5. The molecule has 4 nitrogen and oxygen atoms in total. The number of aromatic nitrogens is 2. The first-order valence-electron chi connectivity index (χ1n) is 6.58. The van der Waals surface area contributed by atoms with Crippen LogP contribution in [-0.4, -0.2) is 15.5 Å².